The Morgan fingerprint density at radius 1 is 0.750 bits per heavy atom. The molecule has 0 aromatic rings. The number of hydrogen-bond donors (Lipinski definition) is 0. The number of allylic oxidation sites excluding steroid dienone is 8. The zero-order chi connectivity index (χ0) is 13.4. The summed E-state index contributed by atoms with van der Waals surface area (Å²) < 4.78 is 0. The zero-order valence-electron chi connectivity index (χ0n) is 12.5. The fourth-order valence-electron chi connectivity index (χ4n) is 4.94. The minimum absolute atomic E-state index is 0.911. The molecule has 0 heteroatoms. The van der Waals surface area contributed by atoms with Crippen LogP contribution in [0.1, 0.15) is 64.2 Å². The molecular formula is C20H26. The van der Waals surface area contributed by atoms with E-state index in [-0.39, 0.29) is 0 Å². The lowest BCUT2D eigenvalue weighted by molar-refractivity contribution is 0.386. The first-order valence-electron chi connectivity index (χ1n) is 8.69. The van der Waals surface area contributed by atoms with Crippen LogP contribution < -0.4 is 0 Å². The molecule has 4 aliphatic rings. The standard InChI is InChI=1S/C20H26/c1-5-15-9-3-11-19(15)17(7-1)13-14-18-8-2-6-16-10-4-12-20(16)18/h3-4,9-10,17-18H,1-2,5-8,11-14H2. The van der Waals surface area contributed by atoms with Crippen molar-refractivity contribution >= 4 is 0 Å². The Labute approximate surface area is 123 Å². The Hall–Kier alpha value is -1.04. The molecule has 0 heterocycles. The lowest BCUT2D eigenvalue weighted by Crippen LogP contribution is -2.15. The minimum Gasteiger partial charge on any atom is -0.0802 e. The topological polar surface area (TPSA) is 0 Å². The third-order valence-corrected chi connectivity index (χ3v) is 5.99. The van der Waals surface area contributed by atoms with Gasteiger partial charge in [-0.1, -0.05) is 35.5 Å². The van der Waals surface area contributed by atoms with Crippen molar-refractivity contribution in [1.29, 1.82) is 0 Å². The van der Waals surface area contributed by atoms with Crippen molar-refractivity contribution < 1.29 is 0 Å². The SMILES string of the molecule is C1=CC2=C(C1)C(CCC1CCCC3=C1CC=C3)CCC2. The fraction of sp³-hybridized carbons (Fsp3) is 0.600. The summed E-state index contributed by atoms with van der Waals surface area (Å²) in [7, 11) is 0. The zero-order valence-corrected chi connectivity index (χ0v) is 12.5. The maximum atomic E-state index is 2.41. The summed E-state index contributed by atoms with van der Waals surface area (Å²) >= 11 is 0. The van der Waals surface area contributed by atoms with E-state index in [0.29, 0.717) is 0 Å². The van der Waals surface area contributed by atoms with Crippen LogP contribution in [0.15, 0.2) is 46.6 Å². The van der Waals surface area contributed by atoms with E-state index < -0.39 is 0 Å². The van der Waals surface area contributed by atoms with Gasteiger partial charge >= 0.3 is 0 Å². The molecule has 0 nitrogen and oxygen atoms in total. The summed E-state index contributed by atoms with van der Waals surface area (Å²) in [6, 6.07) is 0. The normalized spacial score (nSPS) is 32.0. The van der Waals surface area contributed by atoms with Gasteiger partial charge in [0.05, 0.1) is 0 Å². The summed E-state index contributed by atoms with van der Waals surface area (Å²) in [5, 5.41) is 0. The van der Waals surface area contributed by atoms with Crippen molar-refractivity contribution in [2.45, 2.75) is 64.2 Å². The molecule has 0 aliphatic heterocycles. The molecule has 20 heavy (non-hydrogen) atoms. The van der Waals surface area contributed by atoms with E-state index in [2.05, 4.69) is 24.3 Å². The van der Waals surface area contributed by atoms with Gasteiger partial charge in [0.2, 0.25) is 0 Å². The van der Waals surface area contributed by atoms with Crippen molar-refractivity contribution in [3.8, 4) is 0 Å². The van der Waals surface area contributed by atoms with E-state index in [1.54, 1.807) is 11.1 Å². The van der Waals surface area contributed by atoms with Gasteiger partial charge in [-0.2, -0.15) is 0 Å². The van der Waals surface area contributed by atoms with Crippen LogP contribution in [0.4, 0.5) is 0 Å². The molecule has 0 saturated heterocycles. The van der Waals surface area contributed by atoms with Gasteiger partial charge in [-0.15, -0.1) is 0 Å². The van der Waals surface area contributed by atoms with Crippen LogP contribution in [0.5, 0.6) is 0 Å². The average molecular weight is 266 g/mol. The maximum Gasteiger partial charge on any atom is -0.0127 e. The molecule has 0 aromatic carbocycles. The van der Waals surface area contributed by atoms with E-state index in [0.717, 1.165) is 11.8 Å². The molecule has 0 bridgehead atoms. The molecule has 0 amide bonds. The first-order valence-corrected chi connectivity index (χ1v) is 8.69. The molecule has 2 atom stereocenters. The lowest BCUT2D eigenvalue weighted by atomic mass is 9.76. The van der Waals surface area contributed by atoms with Gasteiger partial charge in [0, 0.05) is 0 Å². The Kier molecular flexibility index (Phi) is 3.42. The van der Waals surface area contributed by atoms with Crippen LogP contribution >= 0.6 is 0 Å². The van der Waals surface area contributed by atoms with Gasteiger partial charge in [0.25, 0.3) is 0 Å². The van der Waals surface area contributed by atoms with E-state index in [9.17, 15) is 0 Å². The number of rotatable bonds is 3. The molecule has 4 aliphatic carbocycles. The molecule has 106 valence electrons. The minimum atomic E-state index is 0.911. The van der Waals surface area contributed by atoms with Gasteiger partial charge < -0.3 is 0 Å². The summed E-state index contributed by atoms with van der Waals surface area (Å²) in [6.45, 7) is 0. The Morgan fingerprint density at radius 2 is 1.25 bits per heavy atom. The quantitative estimate of drug-likeness (QED) is 0.598. The Balaban J connectivity index is 1.41. The van der Waals surface area contributed by atoms with Crippen LogP contribution in [0.2, 0.25) is 0 Å². The first kappa shape index (κ1) is 12.7. The van der Waals surface area contributed by atoms with E-state index in [1.165, 1.54) is 64.2 Å². The van der Waals surface area contributed by atoms with Crippen LogP contribution in [0, 0.1) is 11.8 Å². The third-order valence-electron chi connectivity index (χ3n) is 5.99. The molecule has 0 radical (unpaired) electrons. The van der Waals surface area contributed by atoms with E-state index in [1.807, 2.05) is 11.1 Å². The smallest absolute Gasteiger partial charge is 0.0127 e. The van der Waals surface area contributed by atoms with Gasteiger partial charge in [-0.25, -0.2) is 0 Å². The monoisotopic (exact) mass is 266 g/mol. The van der Waals surface area contributed by atoms with Crippen LogP contribution in [0.25, 0.3) is 0 Å². The van der Waals surface area contributed by atoms with Crippen molar-refractivity contribution in [1.82, 2.24) is 0 Å². The second-order valence-electron chi connectivity index (χ2n) is 7.07. The average Bonchev–Trinajstić information content (AvgIpc) is 3.13. The molecule has 0 fully saturated rings. The van der Waals surface area contributed by atoms with Gasteiger partial charge in [0.1, 0.15) is 0 Å². The highest BCUT2D eigenvalue weighted by Crippen LogP contribution is 2.43. The van der Waals surface area contributed by atoms with Crippen molar-refractivity contribution in [2.75, 3.05) is 0 Å². The molecule has 2 unspecified atom stereocenters. The highest BCUT2D eigenvalue weighted by Gasteiger charge is 2.27. The second-order valence-corrected chi connectivity index (χ2v) is 7.07. The highest BCUT2D eigenvalue weighted by molar-refractivity contribution is 5.38. The first-order chi connectivity index (χ1) is 9.92. The van der Waals surface area contributed by atoms with Gasteiger partial charge in [0.15, 0.2) is 0 Å². The van der Waals surface area contributed by atoms with Gasteiger partial charge in [-0.3, -0.25) is 0 Å². The Morgan fingerprint density at radius 3 is 1.75 bits per heavy atom. The molecule has 0 spiro atoms. The lowest BCUT2D eigenvalue weighted by Gasteiger charge is -2.29. The summed E-state index contributed by atoms with van der Waals surface area (Å²) in [5.74, 6) is 1.82. The summed E-state index contributed by atoms with van der Waals surface area (Å²) in [4.78, 5) is 0. The van der Waals surface area contributed by atoms with E-state index in [4.69, 9.17) is 0 Å². The van der Waals surface area contributed by atoms with Crippen molar-refractivity contribution in [3.63, 3.8) is 0 Å². The molecule has 0 N–H and O–H groups in total. The Bertz CT molecular complexity index is 464. The summed E-state index contributed by atoms with van der Waals surface area (Å²) in [5.41, 5.74) is 7.02. The summed E-state index contributed by atoms with van der Waals surface area (Å²) in [6.07, 6.45) is 23.5. The fourth-order valence-corrected chi connectivity index (χ4v) is 4.94. The van der Waals surface area contributed by atoms with Gasteiger partial charge in [-0.05, 0) is 87.2 Å². The maximum absolute atomic E-state index is 2.41. The van der Waals surface area contributed by atoms with Crippen LogP contribution in [0.3, 0.4) is 0 Å². The molecule has 0 saturated carbocycles. The predicted molar refractivity (Wildman–Crippen MR) is 85.5 cm³/mol. The molecular weight excluding hydrogens is 240 g/mol. The predicted octanol–water partition coefficient (Wildman–Crippen LogP) is 5.88. The third kappa shape index (κ3) is 2.24. The molecule has 0 aromatic heterocycles. The van der Waals surface area contributed by atoms with Crippen LogP contribution in [-0.2, 0) is 0 Å². The van der Waals surface area contributed by atoms with Crippen LogP contribution in [-0.4, -0.2) is 0 Å². The molecule has 4 rings (SSSR count). The van der Waals surface area contributed by atoms with Crippen molar-refractivity contribution in [2.24, 2.45) is 11.8 Å². The van der Waals surface area contributed by atoms with Crippen molar-refractivity contribution in [3.05, 3.63) is 46.6 Å². The highest BCUT2D eigenvalue weighted by atomic mass is 14.3. The van der Waals surface area contributed by atoms with E-state index >= 15 is 0 Å². The second kappa shape index (κ2) is 5.39. The largest absolute Gasteiger partial charge is 0.0802 e. The number of hydrogen-bond acceptors (Lipinski definition) is 0.